The second-order valence-corrected chi connectivity index (χ2v) is 5.45. The Balaban J connectivity index is 2.59. The molecule has 0 saturated heterocycles. The number of nitrogens with one attached hydrogen (secondary N) is 1. The van der Waals surface area contributed by atoms with E-state index >= 15 is 0 Å². The molecule has 114 valence electrons. The average molecular weight is 300 g/mol. The van der Waals surface area contributed by atoms with Gasteiger partial charge in [-0.3, -0.25) is 0 Å². The Morgan fingerprint density at radius 1 is 1.25 bits per heavy atom. The topological polar surface area (TPSA) is 67.1 Å². The van der Waals surface area contributed by atoms with E-state index in [2.05, 4.69) is 34.0 Å². The van der Waals surface area contributed by atoms with Crippen molar-refractivity contribution in [3.8, 4) is 0 Å². The van der Waals surface area contributed by atoms with Gasteiger partial charge in [-0.25, -0.2) is 9.97 Å². The lowest BCUT2D eigenvalue weighted by Gasteiger charge is -2.18. The fourth-order valence-electron chi connectivity index (χ4n) is 1.90. The number of hydrogen-bond acceptors (Lipinski definition) is 5. The molecule has 0 unspecified atom stereocenters. The maximum absolute atomic E-state index is 6.05. The summed E-state index contributed by atoms with van der Waals surface area (Å²) in [6.07, 6.45) is 1.04. The molecule has 0 bridgehead atoms. The number of anilines is 2. The second-order valence-electron chi connectivity index (χ2n) is 5.10. The summed E-state index contributed by atoms with van der Waals surface area (Å²) < 4.78 is 0. The third-order valence-corrected chi connectivity index (χ3v) is 3.56. The van der Waals surface area contributed by atoms with Crippen LogP contribution in [0.2, 0.25) is 5.15 Å². The van der Waals surface area contributed by atoms with Crippen LogP contribution in [0.15, 0.2) is 0 Å². The highest BCUT2D eigenvalue weighted by Gasteiger charge is 2.12. The lowest BCUT2D eigenvalue weighted by atomic mass is 10.2. The molecule has 0 aromatic carbocycles. The van der Waals surface area contributed by atoms with Gasteiger partial charge in [-0.15, -0.1) is 0 Å². The highest BCUT2D eigenvalue weighted by molar-refractivity contribution is 6.32. The zero-order valence-corrected chi connectivity index (χ0v) is 13.7. The fourth-order valence-corrected chi connectivity index (χ4v) is 2.08. The van der Waals surface area contributed by atoms with Crippen molar-refractivity contribution in [1.82, 2.24) is 14.9 Å². The monoisotopic (exact) mass is 299 g/mol. The van der Waals surface area contributed by atoms with Crippen molar-refractivity contribution in [2.24, 2.45) is 0 Å². The molecule has 0 radical (unpaired) electrons. The molecular formula is C14H26ClN5. The number of rotatable bonds is 8. The molecule has 0 aliphatic rings. The van der Waals surface area contributed by atoms with Crippen molar-refractivity contribution in [1.29, 1.82) is 0 Å². The quantitative estimate of drug-likeness (QED) is 0.570. The van der Waals surface area contributed by atoms with Gasteiger partial charge in [-0.05, 0) is 26.1 Å². The van der Waals surface area contributed by atoms with Gasteiger partial charge in [0.15, 0.2) is 11.0 Å². The number of hydrogen-bond donors (Lipinski definition) is 2. The van der Waals surface area contributed by atoms with Gasteiger partial charge < -0.3 is 16.0 Å². The van der Waals surface area contributed by atoms with Crippen LogP contribution in [-0.2, 0) is 0 Å². The normalized spacial score (nSPS) is 11.3. The fraction of sp³-hybridized carbons (Fsp3) is 0.714. The first-order valence-corrected chi connectivity index (χ1v) is 7.66. The first-order chi connectivity index (χ1) is 9.49. The number of nitrogens with two attached hydrogens (primary N) is 1. The molecule has 20 heavy (non-hydrogen) atoms. The molecular weight excluding hydrogens is 274 g/mol. The van der Waals surface area contributed by atoms with E-state index in [0.29, 0.717) is 16.7 Å². The van der Waals surface area contributed by atoms with E-state index in [1.807, 2.05) is 13.8 Å². The summed E-state index contributed by atoms with van der Waals surface area (Å²) in [4.78, 5) is 11.0. The Labute approximate surface area is 126 Å². The molecule has 1 heterocycles. The summed E-state index contributed by atoms with van der Waals surface area (Å²) in [5.41, 5.74) is 6.35. The zero-order chi connectivity index (χ0) is 15.1. The van der Waals surface area contributed by atoms with Gasteiger partial charge in [0, 0.05) is 12.5 Å². The van der Waals surface area contributed by atoms with Crippen LogP contribution in [0.3, 0.4) is 0 Å². The van der Waals surface area contributed by atoms with Crippen molar-refractivity contribution < 1.29 is 0 Å². The first-order valence-electron chi connectivity index (χ1n) is 7.28. The van der Waals surface area contributed by atoms with Gasteiger partial charge in [0.25, 0.3) is 0 Å². The Kier molecular flexibility index (Phi) is 7.02. The van der Waals surface area contributed by atoms with Crippen LogP contribution in [0.25, 0.3) is 0 Å². The molecule has 0 amide bonds. The van der Waals surface area contributed by atoms with Gasteiger partial charge in [0.05, 0.1) is 0 Å². The van der Waals surface area contributed by atoms with Crippen LogP contribution in [0.4, 0.5) is 11.5 Å². The molecule has 3 N–H and O–H groups in total. The standard InChI is InChI=1S/C14H26ClN5/c1-5-20(6-2)9-7-8-17-14-11(16)12(15)18-13(19-14)10(3)4/h10H,5-9,16H2,1-4H3,(H,17,18,19). The predicted octanol–water partition coefficient (Wildman–Crippen LogP) is 2.98. The summed E-state index contributed by atoms with van der Waals surface area (Å²) in [7, 11) is 0. The third-order valence-electron chi connectivity index (χ3n) is 3.27. The summed E-state index contributed by atoms with van der Waals surface area (Å²) in [5, 5.41) is 3.59. The molecule has 0 fully saturated rings. The number of halogens is 1. The van der Waals surface area contributed by atoms with Crippen LogP contribution in [-0.4, -0.2) is 41.0 Å². The van der Waals surface area contributed by atoms with Crippen LogP contribution in [0, 0.1) is 0 Å². The van der Waals surface area contributed by atoms with Crippen LogP contribution >= 0.6 is 11.6 Å². The molecule has 0 atom stereocenters. The largest absolute Gasteiger partial charge is 0.393 e. The molecule has 6 heteroatoms. The van der Waals surface area contributed by atoms with Gasteiger partial charge in [0.1, 0.15) is 11.5 Å². The van der Waals surface area contributed by atoms with E-state index < -0.39 is 0 Å². The lowest BCUT2D eigenvalue weighted by Crippen LogP contribution is -2.25. The molecule has 5 nitrogen and oxygen atoms in total. The van der Waals surface area contributed by atoms with Gasteiger partial charge in [0.2, 0.25) is 0 Å². The number of nitrogens with zero attached hydrogens (tertiary/aromatic N) is 3. The highest BCUT2D eigenvalue weighted by Crippen LogP contribution is 2.25. The van der Waals surface area contributed by atoms with Crippen molar-refractivity contribution in [3.05, 3.63) is 11.0 Å². The Morgan fingerprint density at radius 3 is 2.45 bits per heavy atom. The lowest BCUT2D eigenvalue weighted by molar-refractivity contribution is 0.303. The van der Waals surface area contributed by atoms with Crippen LogP contribution in [0.5, 0.6) is 0 Å². The minimum Gasteiger partial charge on any atom is -0.393 e. The van der Waals surface area contributed by atoms with Gasteiger partial charge in [-0.2, -0.15) is 0 Å². The Morgan fingerprint density at radius 2 is 1.90 bits per heavy atom. The maximum Gasteiger partial charge on any atom is 0.157 e. The number of aromatic nitrogens is 2. The Hall–Kier alpha value is -1.07. The summed E-state index contributed by atoms with van der Waals surface area (Å²) in [6.45, 7) is 12.5. The van der Waals surface area contributed by atoms with E-state index in [4.69, 9.17) is 17.3 Å². The van der Waals surface area contributed by atoms with Crippen LogP contribution in [0.1, 0.15) is 45.9 Å². The molecule has 0 spiro atoms. The van der Waals surface area contributed by atoms with Crippen molar-refractivity contribution in [2.45, 2.75) is 40.0 Å². The summed E-state index contributed by atoms with van der Waals surface area (Å²) in [6, 6.07) is 0. The van der Waals surface area contributed by atoms with E-state index in [1.165, 1.54) is 0 Å². The maximum atomic E-state index is 6.05. The van der Waals surface area contributed by atoms with E-state index in [-0.39, 0.29) is 5.92 Å². The average Bonchev–Trinajstić information content (AvgIpc) is 2.43. The molecule has 0 aliphatic heterocycles. The first kappa shape index (κ1) is 17.0. The predicted molar refractivity (Wildman–Crippen MR) is 86.4 cm³/mol. The summed E-state index contributed by atoms with van der Waals surface area (Å²) in [5.74, 6) is 1.59. The van der Waals surface area contributed by atoms with E-state index in [1.54, 1.807) is 0 Å². The molecule has 1 aromatic rings. The number of nitrogen functional groups attached to an aromatic ring is 1. The third kappa shape index (κ3) is 4.80. The zero-order valence-electron chi connectivity index (χ0n) is 12.9. The highest BCUT2D eigenvalue weighted by atomic mass is 35.5. The minimum atomic E-state index is 0.226. The molecule has 1 rings (SSSR count). The SMILES string of the molecule is CCN(CC)CCCNc1nc(C(C)C)nc(Cl)c1N. The van der Waals surface area contributed by atoms with Crippen molar-refractivity contribution in [2.75, 3.05) is 37.2 Å². The van der Waals surface area contributed by atoms with Gasteiger partial charge in [-0.1, -0.05) is 39.3 Å². The second kappa shape index (κ2) is 8.27. The summed E-state index contributed by atoms with van der Waals surface area (Å²) >= 11 is 6.05. The molecule has 0 saturated carbocycles. The van der Waals surface area contributed by atoms with Crippen molar-refractivity contribution >= 4 is 23.1 Å². The van der Waals surface area contributed by atoms with Crippen LogP contribution < -0.4 is 11.1 Å². The van der Waals surface area contributed by atoms with Gasteiger partial charge >= 0.3 is 0 Å². The molecule has 0 aliphatic carbocycles. The van der Waals surface area contributed by atoms with E-state index in [9.17, 15) is 0 Å². The van der Waals surface area contributed by atoms with E-state index in [0.717, 1.165) is 38.4 Å². The smallest absolute Gasteiger partial charge is 0.157 e. The van der Waals surface area contributed by atoms with Crippen molar-refractivity contribution in [3.63, 3.8) is 0 Å². The molecule has 1 aromatic heterocycles. The minimum absolute atomic E-state index is 0.226. The Bertz CT molecular complexity index is 418.